The van der Waals surface area contributed by atoms with Crippen LogP contribution in [-0.4, -0.2) is 32.1 Å². The summed E-state index contributed by atoms with van der Waals surface area (Å²) >= 11 is 0. The number of amides is 1. The Labute approximate surface area is 94.4 Å². The molecule has 1 aromatic rings. The van der Waals surface area contributed by atoms with Gasteiger partial charge in [0.15, 0.2) is 5.69 Å². The summed E-state index contributed by atoms with van der Waals surface area (Å²) in [5.74, 6) is -0.446. The first-order valence-electron chi connectivity index (χ1n) is 5.34. The van der Waals surface area contributed by atoms with Crippen LogP contribution in [0, 0.1) is 0 Å². The van der Waals surface area contributed by atoms with E-state index in [2.05, 4.69) is 10.3 Å². The minimum atomic E-state index is -0.563. The number of hydrogen-bond donors (Lipinski definition) is 2. The number of rotatable bonds is 5. The third-order valence-corrected chi connectivity index (χ3v) is 2.31. The largest absolute Gasteiger partial charge is 0.393 e. The van der Waals surface area contributed by atoms with E-state index >= 15 is 0 Å². The van der Waals surface area contributed by atoms with Crippen LogP contribution in [0.2, 0.25) is 0 Å². The molecular formula is C10H18N4O2. The Bertz CT molecular complexity index is 371. The number of aryl methyl sites for hydroxylation is 1. The molecule has 6 nitrogen and oxygen atoms in total. The van der Waals surface area contributed by atoms with Crippen LogP contribution in [0.1, 0.15) is 49.3 Å². The Balaban J connectivity index is 2.96. The summed E-state index contributed by atoms with van der Waals surface area (Å²) in [7, 11) is 0. The first kappa shape index (κ1) is 12.6. The van der Waals surface area contributed by atoms with Gasteiger partial charge in [-0.25, -0.2) is 4.68 Å². The zero-order chi connectivity index (χ0) is 12.3. The van der Waals surface area contributed by atoms with Crippen LogP contribution in [-0.2, 0) is 6.54 Å². The third-order valence-electron chi connectivity index (χ3n) is 2.31. The molecule has 1 amide bonds. The Hall–Kier alpha value is -1.43. The van der Waals surface area contributed by atoms with Crippen molar-refractivity contribution in [1.29, 1.82) is 0 Å². The van der Waals surface area contributed by atoms with Gasteiger partial charge < -0.3 is 10.8 Å². The van der Waals surface area contributed by atoms with Crippen molar-refractivity contribution in [3.05, 3.63) is 11.4 Å². The number of primary amides is 1. The molecule has 90 valence electrons. The van der Waals surface area contributed by atoms with E-state index in [1.54, 1.807) is 11.6 Å². The molecule has 1 heterocycles. The molecule has 1 rings (SSSR count). The van der Waals surface area contributed by atoms with Crippen LogP contribution in [0.15, 0.2) is 0 Å². The normalized spacial score (nSPS) is 13.1. The molecule has 0 bridgehead atoms. The maximum absolute atomic E-state index is 11.1. The highest BCUT2D eigenvalue weighted by Gasteiger charge is 2.19. The topological polar surface area (TPSA) is 94.0 Å². The molecule has 0 aromatic carbocycles. The number of nitrogens with two attached hydrogens (primary N) is 1. The highest BCUT2D eigenvalue weighted by Crippen LogP contribution is 2.17. The molecule has 6 heteroatoms. The van der Waals surface area contributed by atoms with E-state index in [4.69, 9.17) is 5.73 Å². The van der Waals surface area contributed by atoms with Crippen molar-refractivity contribution in [2.75, 3.05) is 0 Å². The zero-order valence-electron chi connectivity index (χ0n) is 9.84. The zero-order valence-corrected chi connectivity index (χ0v) is 9.84. The minimum absolute atomic E-state index is 0.117. The number of nitrogens with zero attached hydrogens (tertiary/aromatic N) is 3. The van der Waals surface area contributed by atoms with Gasteiger partial charge in [0.1, 0.15) is 0 Å². The summed E-state index contributed by atoms with van der Waals surface area (Å²) < 4.78 is 1.64. The monoisotopic (exact) mass is 226 g/mol. The molecule has 0 radical (unpaired) electrons. The van der Waals surface area contributed by atoms with Crippen LogP contribution in [0.5, 0.6) is 0 Å². The molecule has 1 aromatic heterocycles. The molecule has 0 saturated heterocycles. The van der Waals surface area contributed by atoms with Crippen LogP contribution in [0.3, 0.4) is 0 Å². The van der Waals surface area contributed by atoms with E-state index in [1.165, 1.54) is 0 Å². The molecule has 0 fully saturated rings. The summed E-state index contributed by atoms with van der Waals surface area (Å²) in [6.07, 6.45) is 0.169. The molecule has 0 aliphatic heterocycles. The van der Waals surface area contributed by atoms with Gasteiger partial charge in [-0.1, -0.05) is 19.1 Å². The van der Waals surface area contributed by atoms with Gasteiger partial charge in [-0.15, -0.1) is 5.10 Å². The molecule has 0 saturated carbocycles. The fraction of sp³-hybridized carbons (Fsp3) is 0.700. The smallest absolute Gasteiger partial charge is 0.271 e. The number of aromatic nitrogens is 3. The molecule has 1 atom stereocenters. The van der Waals surface area contributed by atoms with Gasteiger partial charge in [0, 0.05) is 6.54 Å². The standard InChI is InChI=1S/C10H18N4O2/c1-6(2)9-8(10(11)16)12-13-14(9)5-4-7(3)15/h6-7,15H,4-5H2,1-3H3,(H2,11,16). The second kappa shape index (κ2) is 5.07. The molecular weight excluding hydrogens is 208 g/mol. The fourth-order valence-electron chi connectivity index (χ4n) is 1.54. The van der Waals surface area contributed by atoms with Crippen molar-refractivity contribution < 1.29 is 9.90 Å². The first-order chi connectivity index (χ1) is 7.43. The lowest BCUT2D eigenvalue weighted by Crippen LogP contribution is -2.17. The predicted octanol–water partition coefficient (Wildman–Crippen LogP) is 0.271. The summed E-state index contributed by atoms with van der Waals surface area (Å²) in [5, 5.41) is 16.9. The highest BCUT2D eigenvalue weighted by atomic mass is 16.3. The lowest BCUT2D eigenvalue weighted by atomic mass is 10.1. The summed E-state index contributed by atoms with van der Waals surface area (Å²) in [6.45, 7) is 6.14. The second-order valence-electron chi connectivity index (χ2n) is 4.20. The van der Waals surface area contributed by atoms with Gasteiger partial charge in [-0.3, -0.25) is 4.79 Å². The number of hydrogen-bond acceptors (Lipinski definition) is 4. The second-order valence-corrected chi connectivity index (χ2v) is 4.20. The van der Waals surface area contributed by atoms with Gasteiger partial charge in [0.25, 0.3) is 5.91 Å². The maximum Gasteiger partial charge on any atom is 0.271 e. The van der Waals surface area contributed by atoms with Crippen LogP contribution in [0.25, 0.3) is 0 Å². The van der Waals surface area contributed by atoms with Crippen molar-refractivity contribution in [3.63, 3.8) is 0 Å². The molecule has 3 N–H and O–H groups in total. The van der Waals surface area contributed by atoms with Gasteiger partial charge in [-0.05, 0) is 19.3 Å². The van der Waals surface area contributed by atoms with E-state index in [9.17, 15) is 9.90 Å². The van der Waals surface area contributed by atoms with Crippen molar-refractivity contribution in [2.45, 2.75) is 45.8 Å². The Morgan fingerprint density at radius 1 is 1.50 bits per heavy atom. The third kappa shape index (κ3) is 2.79. The van der Waals surface area contributed by atoms with Crippen molar-refractivity contribution >= 4 is 5.91 Å². The van der Waals surface area contributed by atoms with Crippen molar-refractivity contribution in [3.8, 4) is 0 Å². The SMILES string of the molecule is CC(O)CCn1nnc(C(N)=O)c1C(C)C. The molecule has 0 spiro atoms. The van der Waals surface area contributed by atoms with Crippen LogP contribution >= 0.6 is 0 Å². The van der Waals surface area contributed by atoms with Crippen LogP contribution < -0.4 is 5.73 Å². The van der Waals surface area contributed by atoms with Gasteiger partial charge in [0.05, 0.1) is 11.8 Å². The quantitative estimate of drug-likeness (QED) is 0.753. The highest BCUT2D eigenvalue weighted by molar-refractivity contribution is 5.91. The van der Waals surface area contributed by atoms with E-state index < -0.39 is 12.0 Å². The Morgan fingerprint density at radius 3 is 2.56 bits per heavy atom. The minimum Gasteiger partial charge on any atom is -0.393 e. The Morgan fingerprint density at radius 2 is 2.12 bits per heavy atom. The Kier molecular flexibility index (Phi) is 4.00. The average molecular weight is 226 g/mol. The van der Waals surface area contributed by atoms with E-state index in [0.29, 0.717) is 13.0 Å². The summed E-state index contributed by atoms with van der Waals surface area (Å²) in [6, 6.07) is 0. The number of carbonyl (C=O) groups is 1. The number of aliphatic hydroxyl groups excluding tert-OH is 1. The molecule has 1 unspecified atom stereocenters. The lowest BCUT2D eigenvalue weighted by molar-refractivity contribution is 0.0994. The van der Waals surface area contributed by atoms with Gasteiger partial charge in [0.2, 0.25) is 0 Å². The molecule has 0 aliphatic carbocycles. The maximum atomic E-state index is 11.1. The number of carbonyl (C=O) groups excluding carboxylic acids is 1. The molecule has 0 aliphatic rings. The van der Waals surface area contributed by atoms with Gasteiger partial charge >= 0.3 is 0 Å². The fourth-order valence-corrected chi connectivity index (χ4v) is 1.54. The average Bonchev–Trinajstić information content (AvgIpc) is 2.57. The van der Waals surface area contributed by atoms with Crippen LogP contribution in [0.4, 0.5) is 0 Å². The van der Waals surface area contributed by atoms with Crippen molar-refractivity contribution in [1.82, 2.24) is 15.0 Å². The lowest BCUT2D eigenvalue weighted by Gasteiger charge is -2.10. The van der Waals surface area contributed by atoms with Gasteiger partial charge in [-0.2, -0.15) is 0 Å². The first-order valence-corrected chi connectivity index (χ1v) is 5.34. The summed E-state index contributed by atoms with van der Waals surface area (Å²) in [5.41, 5.74) is 6.17. The van der Waals surface area contributed by atoms with E-state index in [0.717, 1.165) is 5.69 Å². The van der Waals surface area contributed by atoms with E-state index in [1.807, 2.05) is 13.8 Å². The summed E-state index contributed by atoms with van der Waals surface area (Å²) in [4.78, 5) is 11.1. The molecule has 16 heavy (non-hydrogen) atoms. The number of aliphatic hydroxyl groups is 1. The predicted molar refractivity (Wildman–Crippen MR) is 58.9 cm³/mol. The van der Waals surface area contributed by atoms with Crippen molar-refractivity contribution in [2.24, 2.45) is 5.73 Å². The van der Waals surface area contributed by atoms with E-state index in [-0.39, 0.29) is 11.6 Å².